The van der Waals surface area contributed by atoms with Crippen molar-refractivity contribution in [1.82, 2.24) is 0 Å². The Kier molecular flexibility index (Phi) is 6.93. The number of fused-ring (bicyclic) bond motifs is 10. The number of rotatable bonds is 5. The van der Waals surface area contributed by atoms with E-state index in [1.54, 1.807) is 0 Å². The third-order valence-electron chi connectivity index (χ3n) is 11.6. The molecular weight excluding hydrogens is 695 g/mol. The summed E-state index contributed by atoms with van der Waals surface area (Å²) in [5, 5.41) is 11.8. The largest absolute Gasteiger partial charge is 0.456 e. The Hall–Kier alpha value is -7.62. The van der Waals surface area contributed by atoms with Crippen molar-refractivity contribution in [3.63, 3.8) is 0 Å². The van der Waals surface area contributed by atoms with Crippen LogP contribution in [0.2, 0.25) is 0 Å². The van der Waals surface area contributed by atoms with Gasteiger partial charge in [-0.1, -0.05) is 140 Å². The fourth-order valence-corrected chi connectivity index (χ4v) is 8.96. The molecule has 3 heteroatoms. The Morgan fingerprint density at radius 1 is 0.298 bits per heavy atom. The van der Waals surface area contributed by atoms with Gasteiger partial charge in [-0.05, 0) is 104 Å². The smallest absolute Gasteiger partial charge is 0.143 e. The van der Waals surface area contributed by atoms with Crippen molar-refractivity contribution in [3.8, 4) is 22.3 Å². The van der Waals surface area contributed by atoms with Crippen LogP contribution >= 0.6 is 0 Å². The first-order valence-electron chi connectivity index (χ1n) is 19.4. The molecule has 0 aliphatic rings. The second kappa shape index (κ2) is 12.5. The minimum Gasteiger partial charge on any atom is -0.456 e. The lowest BCUT2D eigenvalue weighted by molar-refractivity contribution is 0.669. The molecule has 0 aliphatic heterocycles. The number of hydrogen-bond donors (Lipinski definition) is 0. The molecule has 0 aliphatic carbocycles. The fraction of sp³-hybridized carbons (Fsp3) is 0. The predicted molar refractivity (Wildman–Crippen MR) is 239 cm³/mol. The normalized spacial score (nSPS) is 11.9. The lowest BCUT2D eigenvalue weighted by atomic mass is 9.93. The van der Waals surface area contributed by atoms with Crippen molar-refractivity contribution >= 4 is 93.3 Å². The molecular formula is C54H33NO2. The van der Waals surface area contributed by atoms with Gasteiger partial charge < -0.3 is 13.7 Å². The summed E-state index contributed by atoms with van der Waals surface area (Å²) < 4.78 is 13.1. The first-order chi connectivity index (χ1) is 28.2. The van der Waals surface area contributed by atoms with Crippen LogP contribution in [0.5, 0.6) is 0 Å². The molecule has 12 aromatic rings. The first kappa shape index (κ1) is 31.7. The van der Waals surface area contributed by atoms with Crippen LogP contribution in [0.25, 0.3) is 98.4 Å². The van der Waals surface area contributed by atoms with E-state index in [1.165, 1.54) is 43.4 Å². The van der Waals surface area contributed by atoms with Crippen LogP contribution in [0.15, 0.2) is 209 Å². The van der Waals surface area contributed by atoms with E-state index >= 15 is 0 Å². The van der Waals surface area contributed by atoms with Gasteiger partial charge in [0.15, 0.2) is 0 Å². The van der Waals surface area contributed by atoms with Gasteiger partial charge in [0, 0.05) is 44.0 Å². The van der Waals surface area contributed by atoms with Gasteiger partial charge in [-0.25, -0.2) is 0 Å². The maximum atomic E-state index is 6.79. The monoisotopic (exact) mass is 727 g/mol. The van der Waals surface area contributed by atoms with E-state index in [2.05, 4.69) is 193 Å². The van der Waals surface area contributed by atoms with Crippen LogP contribution in [0.3, 0.4) is 0 Å². The van der Waals surface area contributed by atoms with Crippen molar-refractivity contribution in [2.75, 3.05) is 4.90 Å². The van der Waals surface area contributed by atoms with Crippen LogP contribution in [-0.4, -0.2) is 0 Å². The molecule has 12 rings (SSSR count). The summed E-state index contributed by atoms with van der Waals surface area (Å²) >= 11 is 0. The summed E-state index contributed by atoms with van der Waals surface area (Å²) in [7, 11) is 0. The number of hydrogen-bond acceptors (Lipinski definition) is 3. The highest BCUT2D eigenvalue weighted by molar-refractivity contribution is 6.15. The average molecular weight is 728 g/mol. The van der Waals surface area contributed by atoms with Crippen LogP contribution in [-0.2, 0) is 0 Å². The predicted octanol–water partition coefficient (Wildman–Crippen LogP) is 15.7. The van der Waals surface area contributed by atoms with Gasteiger partial charge in [0.2, 0.25) is 0 Å². The quantitative estimate of drug-likeness (QED) is 0.165. The third-order valence-corrected chi connectivity index (χ3v) is 11.6. The number of furan rings is 2. The molecule has 0 radical (unpaired) electrons. The van der Waals surface area contributed by atoms with E-state index in [0.717, 1.165) is 72.1 Å². The molecule has 266 valence electrons. The minimum absolute atomic E-state index is 0.867. The lowest BCUT2D eigenvalue weighted by Gasteiger charge is -2.28. The molecule has 0 amide bonds. The van der Waals surface area contributed by atoms with Crippen LogP contribution < -0.4 is 4.90 Å². The second-order valence-electron chi connectivity index (χ2n) is 14.8. The second-order valence-corrected chi connectivity index (χ2v) is 14.8. The van der Waals surface area contributed by atoms with Gasteiger partial charge in [-0.2, -0.15) is 0 Å². The zero-order valence-electron chi connectivity index (χ0n) is 30.8. The Balaban J connectivity index is 1.07. The maximum absolute atomic E-state index is 6.79. The lowest BCUT2D eigenvalue weighted by Crippen LogP contribution is -2.11. The van der Waals surface area contributed by atoms with E-state index in [9.17, 15) is 0 Å². The van der Waals surface area contributed by atoms with Crippen molar-refractivity contribution in [3.05, 3.63) is 200 Å². The highest BCUT2D eigenvalue weighted by atomic mass is 16.3. The molecule has 0 bridgehead atoms. The van der Waals surface area contributed by atoms with Crippen molar-refractivity contribution < 1.29 is 8.83 Å². The standard InChI is InChI=1S/C54H33NO2/c1-2-13-36-32-53-48(30-35(36)12-1)46-21-11-20-45(54(46)57-53)43-18-7-9-22-50(43)55(39-28-29-52-49(33-39)44-19-8-10-23-51(44)56-52)38-26-24-34(25-27-38)47-31-37-14-3-4-15-40(37)41-16-5-6-17-42(41)47/h1-33H. The van der Waals surface area contributed by atoms with Crippen LogP contribution in [0, 0.1) is 0 Å². The van der Waals surface area contributed by atoms with Gasteiger partial charge in [0.25, 0.3) is 0 Å². The fourth-order valence-electron chi connectivity index (χ4n) is 8.96. The van der Waals surface area contributed by atoms with Crippen molar-refractivity contribution in [2.45, 2.75) is 0 Å². The summed E-state index contributed by atoms with van der Waals surface area (Å²) in [6.07, 6.45) is 0. The molecule has 0 N–H and O–H groups in total. The van der Waals surface area contributed by atoms with Crippen LogP contribution in [0.4, 0.5) is 17.1 Å². The molecule has 0 saturated carbocycles. The van der Waals surface area contributed by atoms with Crippen LogP contribution in [0.1, 0.15) is 0 Å². The maximum Gasteiger partial charge on any atom is 0.143 e. The molecule has 3 nitrogen and oxygen atoms in total. The number of para-hydroxylation sites is 3. The van der Waals surface area contributed by atoms with Crippen molar-refractivity contribution in [1.29, 1.82) is 0 Å². The summed E-state index contributed by atoms with van der Waals surface area (Å²) in [5.74, 6) is 0. The Morgan fingerprint density at radius 3 is 1.77 bits per heavy atom. The highest BCUT2D eigenvalue weighted by Gasteiger charge is 2.22. The van der Waals surface area contributed by atoms with E-state index in [1.807, 2.05) is 12.1 Å². The molecule has 0 spiro atoms. The van der Waals surface area contributed by atoms with E-state index in [4.69, 9.17) is 8.83 Å². The number of nitrogens with zero attached hydrogens (tertiary/aromatic N) is 1. The van der Waals surface area contributed by atoms with Gasteiger partial charge >= 0.3 is 0 Å². The highest BCUT2D eigenvalue weighted by Crippen LogP contribution is 2.46. The summed E-state index contributed by atoms with van der Waals surface area (Å²) in [6.45, 7) is 0. The molecule has 2 heterocycles. The van der Waals surface area contributed by atoms with Gasteiger partial charge in [0.05, 0.1) is 5.69 Å². The molecule has 57 heavy (non-hydrogen) atoms. The van der Waals surface area contributed by atoms with Crippen molar-refractivity contribution in [2.24, 2.45) is 0 Å². The molecule has 0 fully saturated rings. The van der Waals surface area contributed by atoms with Gasteiger partial charge in [-0.3, -0.25) is 0 Å². The first-order valence-corrected chi connectivity index (χ1v) is 19.4. The summed E-state index contributed by atoms with van der Waals surface area (Å²) in [6, 6.07) is 71.6. The third kappa shape index (κ3) is 4.99. The van der Waals surface area contributed by atoms with E-state index in [0.29, 0.717) is 0 Å². The molecule has 0 unspecified atom stereocenters. The average Bonchev–Trinajstić information content (AvgIpc) is 3.83. The topological polar surface area (TPSA) is 29.5 Å². The number of anilines is 3. The Bertz CT molecular complexity index is 3530. The Morgan fingerprint density at radius 2 is 0.912 bits per heavy atom. The van der Waals surface area contributed by atoms with Gasteiger partial charge in [0.1, 0.15) is 22.3 Å². The van der Waals surface area contributed by atoms with Gasteiger partial charge in [-0.15, -0.1) is 0 Å². The molecule has 0 atom stereocenters. The minimum atomic E-state index is 0.867. The molecule has 2 aromatic heterocycles. The van der Waals surface area contributed by atoms with E-state index in [-0.39, 0.29) is 0 Å². The number of benzene rings is 10. The Labute approximate surface area is 328 Å². The molecule has 0 saturated heterocycles. The zero-order chi connectivity index (χ0) is 37.5. The zero-order valence-corrected chi connectivity index (χ0v) is 30.8. The summed E-state index contributed by atoms with van der Waals surface area (Å²) in [4.78, 5) is 2.37. The summed E-state index contributed by atoms with van der Waals surface area (Å²) in [5.41, 5.74) is 11.2. The van der Waals surface area contributed by atoms with E-state index < -0.39 is 0 Å². The SMILES string of the molecule is c1ccc(N(c2ccc(-c3cc4ccccc4c4ccccc34)cc2)c2ccc3oc4ccccc4c3c2)c(-c2cccc3c2oc2cc4ccccc4cc23)c1. The molecule has 10 aromatic carbocycles.